The lowest BCUT2D eigenvalue weighted by Gasteiger charge is -2.34. The number of carbonyl (C=O) groups is 1. The smallest absolute Gasteiger partial charge is 0.225 e. The summed E-state index contributed by atoms with van der Waals surface area (Å²) in [5.41, 5.74) is 2.49. The van der Waals surface area contributed by atoms with Crippen LogP contribution in [0.25, 0.3) is 11.0 Å². The maximum Gasteiger partial charge on any atom is 0.225 e. The lowest BCUT2D eigenvalue weighted by Crippen LogP contribution is -2.44. The number of fused-ring (bicyclic) bond motifs is 1. The largest absolute Gasteiger partial charge is 0.341 e. The molecular formula is C23H35N5O. The molecule has 6 heteroatoms. The molecule has 0 unspecified atom stereocenters. The van der Waals surface area contributed by atoms with E-state index in [4.69, 9.17) is 0 Å². The number of hydrogen-bond acceptors (Lipinski definition) is 4. The number of likely N-dealkylation sites (N-methyl/N-ethyl adjacent to an activating group) is 1. The average Bonchev–Trinajstić information content (AvgIpc) is 2.97. The summed E-state index contributed by atoms with van der Waals surface area (Å²) in [6.07, 6.45) is 8.30. The van der Waals surface area contributed by atoms with E-state index in [9.17, 15) is 4.79 Å². The first-order valence-corrected chi connectivity index (χ1v) is 11.3. The number of piperidine rings is 1. The van der Waals surface area contributed by atoms with Crippen LogP contribution in [-0.2, 0) is 17.8 Å². The Morgan fingerprint density at radius 3 is 2.76 bits per heavy atom. The molecule has 4 rings (SSSR count). The molecule has 2 fully saturated rings. The Bertz CT molecular complexity index is 824. The Labute approximate surface area is 174 Å². The second-order valence-electron chi connectivity index (χ2n) is 8.66. The standard InChI is InChI=1S/C23H35N5O/c1-3-27-18-20(21-6-4-10-24-22(21)27)9-15-26-13-7-19(8-14-26)23(29)28-12-5-11-25(2)16-17-28/h4,6,10,18-19H,3,5,7-9,11-17H2,1-2H3. The Morgan fingerprint density at radius 1 is 1.14 bits per heavy atom. The third kappa shape index (κ3) is 4.64. The highest BCUT2D eigenvalue weighted by Gasteiger charge is 2.29. The van der Waals surface area contributed by atoms with Crippen LogP contribution in [0.3, 0.4) is 0 Å². The van der Waals surface area contributed by atoms with E-state index in [2.05, 4.69) is 50.5 Å². The van der Waals surface area contributed by atoms with Crippen molar-refractivity contribution in [1.82, 2.24) is 24.3 Å². The number of aromatic nitrogens is 2. The zero-order chi connectivity index (χ0) is 20.2. The van der Waals surface area contributed by atoms with E-state index in [1.807, 2.05) is 12.3 Å². The summed E-state index contributed by atoms with van der Waals surface area (Å²) in [5.74, 6) is 0.623. The minimum atomic E-state index is 0.223. The van der Waals surface area contributed by atoms with Crippen molar-refractivity contribution in [2.75, 3.05) is 52.9 Å². The highest BCUT2D eigenvalue weighted by Crippen LogP contribution is 2.23. The van der Waals surface area contributed by atoms with Crippen molar-refractivity contribution in [3.8, 4) is 0 Å². The van der Waals surface area contributed by atoms with Gasteiger partial charge in [0.05, 0.1) is 0 Å². The number of pyridine rings is 1. The molecule has 1 amide bonds. The van der Waals surface area contributed by atoms with E-state index in [-0.39, 0.29) is 5.92 Å². The number of hydrogen-bond donors (Lipinski definition) is 0. The predicted octanol–water partition coefficient (Wildman–Crippen LogP) is 2.47. The first-order chi connectivity index (χ1) is 14.2. The first-order valence-electron chi connectivity index (χ1n) is 11.3. The molecule has 4 heterocycles. The van der Waals surface area contributed by atoms with E-state index >= 15 is 0 Å². The molecule has 2 aliphatic rings. The van der Waals surface area contributed by atoms with Crippen LogP contribution >= 0.6 is 0 Å². The number of likely N-dealkylation sites (tertiary alicyclic amines) is 1. The molecule has 0 atom stereocenters. The molecule has 29 heavy (non-hydrogen) atoms. The van der Waals surface area contributed by atoms with Crippen LogP contribution in [0.4, 0.5) is 0 Å². The summed E-state index contributed by atoms with van der Waals surface area (Å²) < 4.78 is 2.24. The molecule has 0 saturated carbocycles. The molecule has 0 radical (unpaired) electrons. The molecule has 6 nitrogen and oxygen atoms in total. The second kappa shape index (κ2) is 9.26. The van der Waals surface area contributed by atoms with Crippen molar-refractivity contribution in [3.05, 3.63) is 30.1 Å². The summed E-state index contributed by atoms with van der Waals surface area (Å²) >= 11 is 0. The van der Waals surface area contributed by atoms with E-state index in [0.29, 0.717) is 5.91 Å². The van der Waals surface area contributed by atoms with E-state index in [1.165, 1.54) is 10.9 Å². The lowest BCUT2D eigenvalue weighted by molar-refractivity contribution is -0.136. The Morgan fingerprint density at radius 2 is 1.97 bits per heavy atom. The van der Waals surface area contributed by atoms with Crippen LogP contribution in [0.1, 0.15) is 31.7 Å². The zero-order valence-corrected chi connectivity index (χ0v) is 18.0. The summed E-state index contributed by atoms with van der Waals surface area (Å²) in [6.45, 7) is 10.2. The fraction of sp³-hybridized carbons (Fsp3) is 0.652. The Kier molecular flexibility index (Phi) is 6.50. The van der Waals surface area contributed by atoms with Crippen LogP contribution in [0.15, 0.2) is 24.5 Å². The number of carbonyl (C=O) groups excluding carboxylic acids is 1. The van der Waals surface area contributed by atoms with Crippen LogP contribution in [0, 0.1) is 5.92 Å². The van der Waals surface area contributed by atoms with Crippen molar-refractivity contribution in [1.29, 1.82) is 0 Å². The molecular weight excluding hydrogens is 362 g/mol. The summed E-state index contributed by atoms with van der Waals surface area (Å²) in [4.78, 5) is 24.5. The number of amides is 1. The van der Waals surface area contributed by atoms with Gasteiger partial charge in [-0.1, -0.05) is 0 Å². The number of nitrogens with zero attached hydrogens (tertiary/aromatic N) is 5. The summed E-state index contributed by atoms with van der Waals surface area (Å²) in [5, 5.41) is 1.28. The molecule has 2 aromatic rings. The van der Waals surface area contributed by atoms with E-state index in [1.54, 1.807) is 0 Å². The zero-order valence-electron chi connectivity index (χ0n) is 18.0. The van der Waals surface area contributed by atoms with Crippen molar-refractivity contribution >= 4 is 16.9 Å². The van der Waals surface area contributed by atoms with Crippen molar-refractivity contribution < 1.29 is 4.79 Å². The summed E-state index contributed by atoms with van der Waals surface area (Å²) in [6, 6.07) is 4.22. The molecule has 0 aromatic carbocycles. The van der Waals surface area contributed by atoms with E-state index < -0.39 is 0 Å². The predicted molar refractivity (Wildman–Crippen MR) is 117 cm³/mol. The monoisotopic (exact) mass is 397 g/mol. The van der Waals surface area contributed by atoms with Gasteiger partial charge in [0.15, 0.2) is 0 Å². The highest BCUT2D eigenvalue weighted by atomic mass is 16.2. The minimum absolute atomic E-state index is 0.223. The third-order valence-corrected chi connectivity index (χ3v) is 6.72. The summed E-state index contributed by atoms with van der Waals surface area (Å²) in [7, 11) is 2.15. The lowest BCUT2D eigenvalue weighted by atomic mass is 9.95. The van der Waals surface area contributed by atoms with Crippen LogP contribution in [0.5, 0.6) is 0 Å². The van der Waals surface area contributed by atoms with Gasteiger partial charge in [-0.25, -0.2) is 4.98 Å². The first kappa shape index (κ1) is 20.4. The maximum absolute atomic E-state index is 13.0. The molecule has 158 valence electrons. The van der Waals surface area contributed by atoms with Gasteiger partial charge >= 0.3 is 0 Å². The SMILES string of the molecule is CCn1cc(CCN2CCC(C(=O)N3CCCN(C)CC3)CC2)c2cccnc21. The molecule has 2 saturated heterocycles. The quantitative estimate of drug-likeness (QED) is 0.778. The fourth-order valence-corrected chi connectivity index (χ4v) is 4.84. The van der Waals surface area contributed by atoms with Crippen LogP contribution < -0.4 is 0 Å². The van der Waals surface area contributed by atoms with Crippen molar-refractivity contribution in [2.45, 2.75) is 39.2 Å². The van der Waals surface area contributed by atoms with Gasteiger partial charge in [0.2, 0.25) is 5.91 Å². The van der Waals surface area contributed by atoms with Crippen LogP contribution in [-0.4, -0.2) is 83.0 Å². The van der Waals surface area contributed by atoms with Gasteiger partial charge in [-0.05, 0) is 77.0 Å². The van der Waals surface area contributed by atoms with Gasteiger partial charge in [0.1, 0.15) is 5.65 Å². The maximum atomic E-state index is 13.0. The van der Waals surface area contributed by atoms with Gasteiger partial charge in [0, 0.05) is 56.4 Å². The highest BCUT2D eigenvalue weighted by molar-refractivity contribution is 5.80. The van der Waals surface area contributed by atoms with Gasteiger partial charge < -0.3 is 19.3 Å². The van der Waals surface area contributed by atoms with Gasteiger partial charge in [-0.2, -0.15) is 0 Å². The normalized spacial score (nSPS) is 20.3. The van der Waals surface area contributed by atoms with Gasteiger partial charge in [-0.15, -0.1) is 0 Å². The fourth-order valence-electron chi connectivity index (χ4n) is 4.84. The van der Waals surface area contributed by atoms with Crippen molar-refractivity contribution in [3.63, 3.8) is 0 Å². The molecule has 0 bridgehead atoms. The Hall–Kier alpha value is -1.92. The van der Waals surface area contributed by atoms with E-state index in [0.717, 1.165) is 83.7 Å². The van der Waals surface area contributed by atoms with Gasteiger partial charge in [-0.3, -0.25) is 4.79 Å². The molecule has 2 aromatic heterocycles. The Balaban J connectivity index is 1.29. The number of rotatable bonds is 5. The average molecular weight is 398 g/mol. The van der Waals surface area contributed by atoms with Crippen molar-refractivity contribution in [2.24, 2.45) is 5.92 Å². The molecule has 0 aliphatic carbocycles. The topological polar surface area (TPSA) is 44.6 Å². The molecule has 0 spiro atoms. The van der Waals surface area contributed by atoms with Gasteiger partial charge in [0.25, 0.3) is 0 Å². The van der Waals surface area contributed by atoms with Crippen LogP contribution in [0.2, 0.25) is 0 Å². The molecule has 0 N–H and O–H groups in total. The molecule has 2 aliphatic heterocycles. The third-order valence-electron chi connectivity index (χ3n) is 6.72. The minimum Gasteiger partial charge on any atom is -0.341 e. The number of aryl methyl sites for hydroxylation is 1. The second-order valence-corrected chi connectivity index (χ2v) is 8.66.